The molecule has 0 fully saturated rings. The molecule has 0 radical (unpaired) electrons. The van der Waals surface area contributed by atoms with Gasteiger partial charge in [-0.25, -0.2) is 4.98 Å². The smallest absolute Gasteiger partial charge is 0.190 e. The fourth-order valence-corrected chi connectivity index (χ4v) is 2.97. The van der Waals surface area contributed by atoms with E-state index in [1.165, 1.54) is 16.1 Å². The first-order valence-electron chi connectivity index (χ1n) is 6.03. The maximum Gasteiger partial charge on any atom is 0.190 e. The van der Waals surface area contributed by atoms with Crippen molar-refractivity contribution in [3.05, 3.63) is 40.4 Å². The molecule has 2 aromatic rings. The van der Waals surface area contributed by atoms with Crippen molar-refractivity contribution in [1.82, 2.24) is 10.3 Å². The molecule has 1 aromatic carbocycles. The number of aryl methyl sites for hydroxylation is 2. The van der Waals surface area contributed by atoms with Gasteiger partial charge in [0.1, 0.15) is 0 Å². The lowest BCUT2D eigenvalue weighted by Gasteiger charge is -2.18. The van der Waals surface area contributed by atoms with Gasteiger partial charge in [0.05, 0.1) is 5.69 Å². The molecule has 96 valence electrons. The third kappa shape index (κ3) is 2.54. The van der Waals surface area contributed by atoms with E-state index in [0.717, 1.165) is 17.4 Å². The predicted octanol–water partition coefficient (Wildman–Crippen LogP) is 3.25. The van der Waals surface area contributed by atoms with Crippen LogP contribution in [0, 0.1) is 13.8 Å². The van der Waals surface area contributed by atoms with Crippen LogP contribution in [0.15, 0.2) is 24.3 Å². The van der Waals surface area contributed by atoms with Crippen LogP contribution in [0.3, 0.4) is 0 Å². The molecule has 0 saturated carbocycles. The van der Waals surface area contributed by atoms with E-state index in [9.17, 15) is 0 Å². The Morgan fingerprint density at radius 1 is 1.28 bits per heavy atom. The van der Waals surface area contributed by atoms with Gasteiger partial charge in [0.25, 0.3) is 0 Å². The summed E-state index contributed by atoms with van der Waals surface area (Å²) in [6.45, 7) is 5.07. The van der Waals surface area contributed by atoms with Crippen LogP contribution >= 0.6 is 11.3 Å². The summed E-state index contributed by atoms with van der Waals surface area (Å²) >= 11 is 1.75. The molecule has 0 atom stereocenters. The van der Waals surface area contributed by atoms with Gasteiger partial charge in [-0.15, -0.1) is 0 Å². The number of rotatable bonds is 4. The van der Waals surface area contributed by atoms with Gasteiger partial charge in [-0.2, -0.15) is 0 Å². The molecule has 1 heterocycles. The van der Waals surface area contributed by atoms with E-state index in [2.05, 4.69) is 60.4 Å². The van der Waals surface area contributed by atoms with E-state index in [-0.39, 0.29) is 0 Å². The fraction of sp³-hybridized carbons (Fsp3) is 0.357. The highest BCUT2D eigenvalue weighted by atomic mass is 32.1. The van der Waals surface area contributed by atoms with Crippen molar-refractivity contribution in [2.45, 2.75) is 20.4 Å². The zero-order chi connectivity index (χ0) is 13.1. The minimum Gasteiger partial charge on any atom is -0.321 e. The standard InChI is InChI=1S/C14H19N3S/c1-10-7-5-6-8-12(10)17(4)14-16-11(2)13(18-14)9-15-3/h5-8,15H,9H2,1-4H3. The summed E-state index contributed by atoms with van der Waals surface area (Å²) in [7, 11) is 4.04. The van der Waals surface area contributed by atoms with E-state index in [1.807, 2.05) is 7.05 Å². The topological polar surface area (TPSA) is 28.2 Å². The maximum atomic E-state index is 4.65. The minimum absolute atomic E-state index is 0.880. The first-order valence-corrected chi connectivity index (χ1v) is 6.85. The number of nitrogens with one attached hydrogen (secondary N) is 1. The van der Waals surface area contributed by atoms with E-state index in [4.69, 9.17) is 0 Å². The molecule has 0 aliphatic heterocycles. The van der Waals surface area contributed by atoms with Crippen LogP contribution in [0.5, 0.6) is 0 Å². The van der Waals surface area contributed by atoms with Crippen LogP contribution in [0.25, 0.3) is 0 Å². The monoisotopic (exact) mass is 261 g/mol. The summed E-state index contributed by atoms with van der Waals surface area (Å²) in [5, 5.41) is 4.23. The van der Waals surface area contributed by atoms with Gasteiger partial charge in [-0.1, -0.05) is 29.5 Å². The Hall–Kier alpha value is -1.39. The lowest BCUT2D eigenvalue weighted by Crippen LogP contribution is -2.10. The molecule has 0 spiro atoms. The van der Waals surface area contributed by atoms with Crippen LogP contribution < -0.4 is 10.2 Å². The normalized spacial score (nSPS) is 10.7. The van der Waals surface area contributed by atoms with Crippen molar-refractivity contribution in [3.63, 3.8) is 0 Å². The molecule has 0 aliphatic carbocycles. The van der Waals surface area contributed by atoms with E-state index in [0.29, 0.717) is 0 Å². The summed E-state index contributed by atoms with van der Waals surface area (Å²) < 4.78 is 0. The quantitative estimate of drug-likeness (QED) is 0.915. The summed E-state index contributed by atoms with van der Waals surface area (Å²) in [5.41, 5.74) is 3.59. The predicted molar refractivity (Wildman–Crippen MR) is 78.9 cm³/mol. The maximum absolute atomic E-state index is 4.65. The Balaban J connectivity index is 2.31. The van der Waals surface area contributed by atoms with Crippen molar-refractivity contribution in [2.75, 3.05) is 19.0 Å². The molecule has 3 nitrogen and oxygen atoms in total. The van der Waals surface area contributed by atoms with Crippen LogP contribution in [-0.2, 0) is 6.54 Å². The van der Waals surface area contributed by atoms with Crippen molar-refractivity contribution in [1.29, 1.82) is 0 Å². The van der Waals surface area contributed by atoms with Crippen molar-refractivity contribution >= 4 is 22.2 Å². The molecule has 2 rings (SSSR count). The second-order valence-electron chi connectivity index (χ2n) is 4.38. The van der Waals surface area contributed by atoms with Crippen LogP contribution in [-0.4, -0.2) is 19.1 Å². The number of hydrogen-bond donors (Lipinski definition) is 1. The largest absolute Gasteiger partial charge is 0.321 e. The number of para-hydroxylation sites is 1. The Kier molecular flexibility index (Phi) is 3.99. The van der Waals surface area contributed by atoms with E-state index >= 15 is 0 Å². The summed E-state index contributed by atoms with van der Waals surface area (Å²) in [6, 6.07) is 8.38. The number of nitrogens with zero attached hydrogens (tertiary/aromatic N) is 2. The number of aromatic nitrogens is 1. The Morgan fingerprint density at radius 2 is 2.00 bits per heavy atom. The Labute approximate surface area is 112 Å². The average molecular weight is 261 g/mol. The molecular formula is C14H19N3S. The SMILES string of the molecule is CNCc1sc(N(C)c2ccccc2C)nc1C. The highest BCUT2D eigenvalue weighted by Crippen LogP contribution is 2.31. The highest BCUT2D eigenvalue weighted by Gasteiger charge is 2.13. The lowest BCUT2D eigenvalue weighted by molar-refractivity contribution is 0.822. The van der Waals surface area contributed by atoms with Crippen LogP contribution in [0.2, 0.25) is 0 Å². The summed E-state index contributed by atoms with van der Waals surface area (Å²) in [6.07, 6.45) is 0. The van der Waals surface area contributed by atoms with Gasteiger partial charge in [-0.05, 0) is 32.5 Å². The molecule has 0 aliphatic rings. The molecule has 0 amide bonds. The molecular weight excluding hydrogens is 242 g/mol. The molecule has 0 saturated heterocycles. The highest BCUT2D eigenvalue weighted by molar-refractivity contribution is 7.15. The molecule has 1 N–H and O–H groups in total. The minimum atomic E-state index is 0.880. The van der Waals surface area contributed by atoms with Gasteiger partial charge in [0.2, 0.25) is 0 Å². The van der Waals surface area contributed by atoms with Gasteiger partial charge >= 0.3 is 0 Å². The van der Waals surface area contributed by atoms with Crippen molar-refractivity contribution in [3.8, 4) is 0 Å². The van der Waals surface area contributed by atoms with Crippen LogP contribution in [0.1, 0.15) is 16.1 Å². The third-order valence-corrected chi connectivity index (χ3v) is 4.22. The number of benzene rings is 1. The second kappa shape index (κ2) is 5.50. The third-order valence-electron chi connectivity index (χ3n) is 2.98. The first-order chi connectivity index (χ1) is 8.63. The molecule has 1 aromatic heterocycles. The average Bonchev–Trinajstić information content (AvgIpc) is 2.71. The first kappa shape index (κ1) is 13.1. The zero-order valence-electron chi connectivity index (χ0n) is 11.3. The number of anilines is 2. The van der Waals surface area contributed by atoms with E-state index < -0.39 is 0 Å². The number of hydrogen-bond acceptors (Lipinski definition) is 4. The number of thiazole rings is 1. The molecule has 0 unspecified atom stereocenters. The summed E-state index contributed by atoms with van der Waals surface area (Å²) in [5.74, 6) is 0. The molecule has 4 heteroatoms. The van der Waals surface area contributed by atoms with Gasteiger partial charge in [0, 0.05) is 24.2 Å². The summed E-state index contributed by atoms with van der Waals surface area (Å²) in [4.78, 5) is 8.11. The van der Waals surface area contributed by atoms with E-state index in [1.54, 1.807) is 11.3 Å². The van der Waals surface area contributed by atoms with Crippen LogP contribution in [0.4, 0.5) is 10.8 Å². The fourth-order valence-electron chi connectivity index (χ4n) is 1.92. The molecule has 0 bridgehead atoms. The zero-order valence-corrected chi connectivity index (χ0v) is 12.1. The van der Waals surface area contributed by atoms with Gasteiger partial charge in [-0.3, -0.25) is 0 Å². The Morgan fingerprint density at radius 3 is 2.67 bits per heavy atom. The molecule has 18 heavy (non-hydrogen) atoms. The van der Waals surface area contributed by atoms with Crippen molar-refractivity contribution < 1.29 is 0 Å². The lowest BCUT2D eigenvalue weighted by atomic mass is 10.2. The van der Waals surface area contributed by atoms with Gasteiger partial charge in [0.15, 0.2) is 5.13 Å². The second-order valence-corrected chi connectivity index (χ2v) is 5.44. The van der Waals surface area contributed by atoms with Gasteiger partial charge < -0.3 is 10.2 Å². The van der Waals surface area contributed by atoms with Crippen molar-refractivity contribution in [2.24, 2.45) is 0 Å². The Bertz CT molecular complexity index is 534.